The van der Waals surface area contributed by atoms with Crippen LogP contribution in [-0.4, -0.2) is 32.0 Å². The number of anilines is 1. The molecule has 0 saturated heterocycles. The highest BCUT2D eigenvalue weighted by Gasteiger charge is 2.12. The van der Waals surface area contributed by atoms with E-state index in [9.17, 15) is 14.4 Å². The van der Waals surface area contributed by atoms with E-state index in [-0.39, 0.29) is 30.5 Å². The van der Waals surface area contributed by atoms with E-state index in [4.69, 9.17) is 14.2 Å². The third kappa shape index (κ3) is 6.59. The van der Waals surface area contributed by atoms with Crippen molar-refractivity contribution in [1.29, 1.82) is 0 Å². The zero-order valence-electron chi connectivity index (χ0n) is 19.2. The molecule has 0 radical (unpaired) electrons. The van der Waals surface area contributed by atoms with Crippen molar-refractivity contribution in [2.75, 3.05) is 19.5 Å². The Hall–Kier alpha value is -4.33. The second-order valence-corrected chi connectivity index (χ2v) is 7.38. The summed E-state index contributed by atoms with van der Waals surface area (Å²) in [5, 5.41) is 5.73. The maximum absolute atomic E-state index is 12.7. The molecule has 0 aliphatic heterocycles. The first-order chi connectivity index (χ1) is 16.4. The molecule has 8 nitrogen and oxygen atoms in total. The molecule has 2 amide bonds. The lowest BCUT2D eigenvalue weighted by Crippen LogP contribution is -2.25. The summed E-state index contributed by atoms with van der Waals surface area (Å²) in [6.07, 6.45) is 0.165. The molecule has 0 aliphatic rings. The molecule has 0 unspecified atom stereocenters. The predicted octanol–water partition coefficient (Wildman–Crippen LogP) is 3.74. The minimum Gasteiger partial charge on any atom is -0.493 e. The second-order valence-electron chi connectivity index (χ2n) is 7.38. The number of rotatable bonds is 9. The third-order valence-corrected chi connectivity index (χ3v) is 4.91. The van der Waals surface area contributed by atoms with Gasteiger partial charge in [0.1, 0.15) is 5.75 Å². The Morgan fingerprint density at radius 1 is 0.853 bits per heavy atom. The van der Waals surface area contributed by atoms with Crippen LogP contribution in [-0.2, 0) is 22.6 Å². The second kappa shape index (κ2) is 11.5. The number of carbonyl (C=O) groups is 3. The zero-order chi connectivity index (χ0) is 24.5. The molecule has 176 valence electrons. The van der Waals surface area contributed by atoms with Crippen LogP contribution in [0.15, 0.2) is 66.7 Å². The number of hydrogen-bond donors (Lipinski definition) is 2. The molecule has 8 heteroatoms. The molecule has 0 spiro atoms. The van der Waals surface area contributed by atoms with Crippen molar-refractivity contribution in [3.8, 4) is 17.2 Å². The van der Waals surface area contributed by atoms with Gasteiger partial charge < -0.3 is 24.8 Å². The Morgan fingerprint density at radius 2 is 1.62 bits per heavy atom. The summed E-state index contributed by atoms with van der Waals surface area (Å²) < 4.78 is 15.5. The Balaban J connectivity index is 1.64. The standard InChI is InChI=1S/C26H26N2O6/c1-17(29)34-21-9-6-8-19(15-21)26(31)28-22-10-5-4-7-20(22)16-27-25(30)14-18-11-12-23(32-2)24(13-18)33-3/h4-13,15H,14,16H2,1-3H3,(H,27,30)(H,28,31). The molecule has 0 aromatic heterocycles. The predicted molar refractivity (Wildman–Crippen MR) is 127 cm³/mol. The highest BCUT2D eigenvalue weighted by Crippen LogP contribution is 2.27. The van der Waals surface area contributed by atoms with Crippen LogP contribution in [0.1, 0.15) is 28.4 Å². The fraction of sp³-hybridized carbons (Fsp3) is 0.192. The van der Waals surface area contributed by atoms with E-state index in [0.717, 1.165) is 11.1 Å². The van der Waals surface area contributed by atoms with E-state index < -0.39 is 5.97 Å². The van der Waals surface area contributed by atoms with Gasteiger partial charge in [-0.05, 0) is 47.5 Å². The normalized spacial score (nSPS) is 10.2. The van der Waals surface area contributed by atoms with Crippen molar-refractivity contribution in [3.05, 3.63) is 83.4 Å². The minimum absolute atomic E-state index is 0.165. The molecular weight excluding hydrogens is 436 g/mol. The first kappa shape index (κ1) is 24.3. The molecule has 3 aromatic carbocycles. The monoisotopic (exact) mass is 462 g/mol. The molecule has 34 heavy (non-hydrogen) atoms. The summed E-state index contributed by atoms with van der Waals surface area (Å²) in [6, 6.07) is 18.9. The van der Waals surface area contributed by atoms with Gasteiger partial charge in [-0.3, -0.25) is 14.4 Å². The van der Waals surface area contributed by atoms with Crippen LogP contribution in [0.25, 0.3) is 0 Å². The molecule has 3 aromatic rings. The molecule has 0 heterocycles. The van der Waals surface area contributed by atoms with Crippen molar-refractivity contribution < 1.29 is 28.6 Å². The molecule has 0 aliphatic carbocycles. The van der Waals surface area contributed by atoms with Gasteiger partial charge in [-0.15, -0.1) is 0 Å². The van der Waals surface area contributed by atoms with E-state index >= 15 is 0 Å². The smallest absolute Gasteiger partial charge is 0.308 e. The molecule has 0 fully saturated rings. The summed E-state index contributed by atoms with van der Waals surface area (Å²) >= 11 is 0. The van der Waals surface area contributed by atoms with Gasteiger partial charge in [-0.2, -0.15) is 0 Å². The molecule has 0 bridgehead atoms. The van der Waals surface area contributed by atoms with Crippen molar-refractivity contribution in [3.63, 3.8) is 0 Å². The Morgan fingerprint density at radius 3 is 2.35 bits per heavy atom. The maximum Gasteiger partial charge on any atom is 0.308 e. The topological polar surface area (TPSA) is 103 Å². The van der Waals surface area contributed by atoms with Crippen molar-refractivity contribution in [2.45, 2.75) is 19.9 Å². The number of benzene rings is 3. The fourth-order valence-electron chi connectivity index (χ4n) is 3.29. The van der Waals surface area contributed by atoms with Gasteiger partial charge >= 0.3 is 5.97 Å². The fourth-order valence-corrected chi connectivity index (χ4v) is 3.29. The number of nitrogens with one attached hydrogen (secondary N) is 2. The molecule has 0 atom stereocenters. The van der Waals surface area contributed by atoms with Crippen molar-refractivity contribution in [2.24, 2.45) is 0 Å². The number of esters is 1. The van der Waals surface area contributed by atoms with Crippen LogP contribution in [0.4, 0.5) is 5.69 Å². The summed E-state index contributed by atoms with van der Waals surface area (Å²) in [7, 11) is 3.09. The van der Waals surface area contributed by atoms with E-state index in [2.05, 4.69) is 10.6 Å². The molecule has 3 rings (SSSR count). The lowest BCUT2D eigenvalue weighted by molar-refractivity contribution is -0.131. The van der Waals surface area contributed by atoms with Gasteiger partial charge in [0.25, 0.3) is 5.91 Å². The van der Waals surface area contributed by atoms with Crippen LogP contribution in [0.3, 0.4) is 0 Å². The SMILES string of the molecule is COc1ccc(CC(=O)NCc2ccccc2NC(=O)c2cccc(OC(C)=O)c2)cc1OC. The highest BCUT2D eigenvalue weighted by atomic mass is 16.5. The van der Waals surface area contributed by atoms with Crippen molar-refractivity contribution >= 4 is 23.5 Å². The van der Waals surface area contributed by atoms with Crippen LogP contribution in [0, 0.1) is 0 Å². The number of hydrogen-bond acceptors (Lipinski definition) is 6. The van der Waals surface area contributed by atoms with E-state index in [1.165, 1.54) is 13.0 Å². The molecule has 0 saturated carbocycles. The summed E-state index contributed by atoms with van der Waals surface area (Å²) in [5.41, 5.74) is 2.43. The Kier molecular flexibility index (Phi) is 8.23. The van der Waals surface area contributed by atoms with Gasteiger partial charge in [-0.25, -0.2) is 0 Å². The minimum atomic E-state index is -0.466. The summed E-state index contributed by atoms with van der Waals surface area (Å²) in [6.45, 7) is 1.53. The van der Waals surface area contributed by atoms with Gasteiger partial charge in [0.2, 0.25) is 5.91 Å². The first-order valence-corrected chi connectivity index (χ1v) is 10.5. The Labute approximate surface area is 197 Å². The highest BCUT2D eigenvalue weighted by molar-refractivity contribution is 6.05. The van der Waals surface area contributed by atoms with E-state index in [0.29, 0.717) is 22.7 Å². The maximum atomic E-state index is 12.7. The zero-order valence-corrected chi connectivity index (χ0v) is 19.2. The van der Waals surface area contributed by atoms with Crippen LogP contribution >= 0.6 is 0 Å². The number of carbonyl (C=O) groups excluding carboxylic acids is 3. The van der Waals surface area contributed by atoms with Gasteiger partial charge in [0.05, 0.1) is 20.6 Å². The average Bonchev–Trinajstić information content (AvgIpc) is 2.83. The summed E-state index contributed by atoms with van der Waals surface area (Å²) in [5.74, 6) is 0.427. The number of amides is 2. The average molecular weight is 463 g/mol. The summed E-state index contributed by atoms with van der Waals surface area (Å²) in [4.78, 5) is 36.4. The van der Waals surface area contributed by atoms with Gasteiger partial charge in [-0.1, -0.05) is 30.3 Å². The van der Waals surface area contributed by atoms with Gasteiger partial charge in [0, 0.05) is 24.7 Å². The third-order valence-electron chi connectivity index (χ3n) is 4.91. The number of ether oxygens (including phenoxy) is 3. The first-order valence-electron chi connectivity index (χ1n) is 10.5. The van der Waals surface area contributed by atoms with Crippen LogP contribution < -0.4 is 24.8 Å². The largest absolute Gasteiger partial charge is 0.493 e. The molecule has 2 N–H and O–H groups in total. The van der Waals surface area contributed by atoms with Crippen LogP contribution in [0.5, 0.6) is 17.2 Å². The quantitative estimate of drug-likeness (QED) is 0.371. The number of methoxy groups -OCH3 is 2. The number of para-hydroxylation sites is 1. The lowest BCUT2D eigenvalue weighted by atomic mass is 10.1. The van der Waals surface area contributed by atoms with Gasteiger partial charge in [0.15, 0.2) is 11.5 Å². The Bertz CT molecular complexity index is 1190. The molecular formula is C26H26N2O6. The van der Waals surface area contributed by atoms with Crippen LogP contribution in [0.2, 0.25) is 0 Å². The lowest BCUT2D eigenvalue weighted by Gasteiger charge is -2.13. The van der Waals surface area contributed by atoms with E-state index in [1.807, 2.05) is 12.1 Å². The van der Waals surface area contributed by atoms with Crippen molar-refractivity contribution in [1.82, 2.24) is 5.32 Å². The van der Waals surface area contributed by atoms with E-state index in [1.54, 1.807) is 62.8 Å².